The molecule has 9 heteroatoms. The lowest BCUT2D eigenvalue weighted by Gasteiger charge is -2.28. The maximum Gasteiger partial charge on any atom is 0.316 e. The number of hydrogen-bond acceptors (Lipinski definition) is 5. The molecular formula is C29H28Br2N2O5. The van der Waals surface area contributed by atoms with Gasteiger partial charge in [-0.25, -0.2) is 4.90 Å². The van der Waals surface area contributed by atoms with Crippen LogP contribution in [0.25, 0.3) is 0 Å². The highest BCUT2D eigenvalue weighted by atomic mass is 79.9. The number of benzene rings is 2. The molecule has 2 aromatic rings. The Balaban J connectivity index is 1.17. The van der Waals surface area contributed by atoms with Gasteiger partial charge in [0.2, 0.25) is 17.7 Å². The number of amides is 3. The summed E-state index contributed by atoms with van der Waals surface area (Å²) in [6.45, 7) is 5.99. The largest absolute Gasteiger partial charge is 0.426 e. The summed E-state index contributed by atoms with van der Waals surface area (Å²) >= 11 is 7.44. The van der Waals surface area contributed by atoms with Crippen LogP contribution in [0.1, 0.15) is 29.5 Å². The van der Waals surface area contributed by atoms with Crippen LogP contribution in [0.5, 0.6) is 5.75 Å². The predicted octanol–water partition coefficient (Wildman–Crippen LogP) is 4.85. The second-order valence-electron chi connectivity index (χ2n) is 11.1. The first-order valence-electron chi connectivity index (χ1n) is 12.9. The maximum absolute atomic E-state index is 13.4. The van der Waals surface area contributed by atoms with E-state index in [1.54, 1.807) is 30.0 Å². The molecule has 198 valence electrons. The first kappa shape index (κ1) is 25.7. The molecule has 7 atom stereocenters. The maximum atomic E-state index is 13.4. The van der Waals surface area contributed by atoms with E-state index in [0.717, 1.165) is 23.2 Å². The lowest BCUT2D eigenvalue weighted by molar-refractivity contribution is -0.139. The number of carbonyl (C=O) groups excluding carboxylic acids is 4. The Bertz CT molecular complexity index is 1360. The Labute approximate surface area is 238 Å². The number of anilines is 2. The van der Waals surface area contributed by atoms with Crippen LogP contribution < -0.4 is 14.5 Å². The highest BCUT2D eigenvalue weighted by Gasteiger charge is 2.66. The number of fused-ring (bicyclic) bond motifs is 5. The number of hydrogen-bond donors (Lipinski definition) is 0. The van der Waals surface area contributed by atoms with Crippen molar-refractivity contribution in [1.29, 1.82) is 0 Å². The van der Waals surface area contributed by atoms with Crippen molar-refractivity contribution in [3.63, 3.8) is 0 Å². The molecule has 0 spiro atoms. The Morgan fingerprint density at radius 1 is 0.868 bits per heavy atom. The number of nitrogens with zero attached hydrogens (tertiary/aromatic N) is 2. The van der Waals surface area contributed by atoms with E-state index in [2.05, 4.69) is 31.9 Å². The van der Waals surface area contributed by atoms with Gasteiger partial charge in [0.1, 0.15) is 5.75 Å². The minimum absolute atomic E-state index is 0.0916. The highest BCUT2D eigenvalue weighted by molar-refractivity contribution is 9.12. The van der Waals surface area contributed by atoms with Gasteiger partial charge in [0.05, 0.1) is 23.4 Å². The zero-order valence-corrected chi connectivity index (χ0v) is 24.5. The fourth-order valence-electron chi connectivity index (χ4n) is 6.84. The number of esters is 1. The summed E-state index contributed by atoms with van der Waals surface area (Å²) < 4.78 is 5.67. The van der Waals surface area contributed by atoms with Crippen molar-refractivity contribution in [3.05, 3.63) is 53.1 Å². The second kappa shape index (κ2) is 9.30. The van der Waals surface area contributed by atoms with Crippen molar-refractivity contribution in [2.45, 2.75) is 43.3 Å². The van der Waals surface area contributed by atoms with Crippen LogP contribution in [-0.2, 0) is 19.2 Å². The van der Waals surface area contributed by atoms with E-state index in [0.29, 0.717) is 17.0 Å². The molecule has 2 bridgehead atoms. The van der Waals surface area contributed by atoms with Gasteiger partial charge in [-0.1, -0.05) is 44.0 Å². The normalized spacial score (nSPS) is 31.9. The molecule has 3 amide bonds. The number of halogens is 2. The van der Waals surface area contributed by atoms with Crippen LogP contribution in [0, 0.1) is 50.4 Å². The molecule has 2 saturated carbocycles. The second-order valence-corrected chi connectivity index (χ2v) is 13.2. The fourth-order valence-corrected chi connectivity index (χ4v) is 8.71. The first-order valence-corrected chi connectivity index (χ1v) is 14.8. The van der Waals surface area contributed by atoms with Crippen LogP contribution >= 0.6 is 31.9 Å². The highest BCUT2D eigenvalue weighted by Crippen LogP contribution is 2.60. The number of aryl methyl sites for hydroxylation is 3. The van der Waals surface area contributed by atoms with E-state index in [4.69, 9.17) is 4.74 Å². The zero-order chi connectivity index (χ0) is 27.0. The molecule has 2 aliphatic carbocycles. The molecular weight excluding hydrogens is 616 g/mol. The number of rotatable bonds is 4. The third-order valence-corrected chi connectivity index (χ3v) is 11.9. The quantitative estimate of drug-likeness (QED) is 0.206. The van der Waals surface area contributed by atoms with E-state index in [1.807, 2.05) is 32.0 Å². The van der Waals surface area contributed by atoms with Crippen molar-refractivity contribution in [3.8, 4) is 5.75 Å². The Kier molecular flexibility index (Phi) is 6.30. The molecule has 4 fully saturated rings. The van der Waals surface area contributed by atoms with Crippen LogP contribution in [0.15, 0.2) is 36.4 Å². The summed E-state index contributed by atoms with van der Waals surface area (Å²) in [5, 5.41) is 0. The number of ether oxygens (including phenoxy) is 1. The summed E-state index contributed by atoms with van der Waals surface area (Å²) in [4.78, 5) is 55.9. The lowest BCUT2D eigenvalue weighted by Crippen LogP contribution is -2.37. The van der Waals surface area contributed by atoms with E-state index < -0.39 is 11.9 Å². The first-order chi connectivity index (χ1) is 18.1. The van der Waals surface area contributed by atoms with Gasteiger partial charge >= 0.3 is 5.97 Å². The monoisotopic (exact) mass is 642 g/mol. The van der Waals surface area contributed by atoms with E-state index in [9.17, 15) is 19.2 Å². The average Bonchev–Trinajstić information content (AvgIpc) is 3.59. The third kappa shape index (κ3) is 3.87. The zero-order valence-electron chi connectivity index (χ0n) is 21.3. The SMILES string of the molecule is Cc1ccc(C)c(N2C[C@H](C(=O)Oc3ccc(N4C(=O)[C@@H]5[C@H]6C[C@@H]([C@@H](Br)[C@H]6Br)[C@H]5C4=O)c(C)c3)CC2=O)c1. The molecule has 4 aliphatic rings. The molecule has 0 aromatic heterocycles. The number of alkyl halides is 2. The van der Waals surface area contributed by atoms with Crippen molar-refractivity contribution < 1.29 is 23.9 Å². The summed E-state index contributed by atoms with van der Waals surface area (Å²) in [5.41, 5.74) is 4.05. The van der Waals surface area contributed by atoms with Gasteiger partial charge in [-0.3, -0.25) is 19.2 Å². The molecule has 0 N–H and O–H groups in total. The molecule has 38 heavy (non-hydrogen) atoms. The summed E-state index contributed by atoms with van der Waals surface area (Å²) in [6, 6.07) is 10.9. The molecule has 0 unspecified atom stereocenters. The van der Waals surface area contributed by atoms with Crippen LogP contribution in [0.2, 0.25) is 0 Å². The van der Waals surface area contributed by atoms with Crippen molar-refractivity contribution in [2.75, 3.05) is 16.3 Å². The minimum atomic E-state index is -0.576. The van der Waals surface area contributed by atoms with Gasteiger partial charge < -0.3 is 9.64 Å². The molecule has 7 nitrogen and oxygen atoms in total. The molecule has 2 aromatic carbocycles. The van der Waals surface area contributed by atoms with Crippen molar-refractivity contribution in [2.24, 2.45) is 29.6 Å². The summed E-state index contributed by atoms with van der Waals surface area (Å²) in [5.74, 6) is -1.38. The Morgan fingerprint density at radius 2 is 1.53 bits per heavy atom. The molecule has 2 saturated heterocycles. The molecule has 6 rings (SSSR count). The van der Waals surface area contributed by atoms with Gasteiger partial charge in [0, 0.05) is 28.3 Å². The molecule has 2 aliphatic heterocycles. The van der Waals surface area contributed by atoms with Gasteiger partial charge in [-0.2, -0.15) is 0 Å². The van der Waals surface area contributed by atoms with Crippen LogP contribution in [-0.4, -0.2) is 39.9 Å². The van der Waals surface area contributed by atoms with E-state index >= 15 is 0 Å². The van der Waals surface area contributed by atoms with Gasteiger partial charge in [-0.05, 0) is 80.0 Å². The minimum Gasteiger partial charge on any atom is -0.426 e. The van der Waals surface area contributed by atoms with Gasteiger partial charge in [0.15, 0.2) is 0 Å². The summed E-state index contributed by atoms with van der Waals surface area (Å²) in [6.07, 6.45) is 0.971. The number of imide groups is 1. The summed E-state index contributed by atoms with van der Waals surface area (Å²) in [7, 11) is 0. The topological polar surface area (TPSA) is 84.0 Å². The van der Waals surface area contributed by atoms with Gasteiger partial charge in [0.25, 0.3) is 0 Å². The predicted molar refractivity (Wildman–Crippen MR) is 150 cm³/mol. The molecule has 0 radical (unpaired) electrons. The van der Waals surface area contributed by atoms with Crippen LogP contribution in [0.3, 0.4) is 0 Å². The van der Waals surface area contributed by atoms with Crippen molar-refractivity contribution in [1.82, 2.24) is 0 Å². The van der Waals surface area contributed by atoms with Crippen LogP contribution in [0.4, 0.5) is 11.4 Å². The number of carbonyl (C=O) groups is 4. The van der Waals surface area contributed by atoms with Crippen molar-refractivity contribution >= 4 is 66.9 Å². The standard InChI is InChI=1S/C29H28Br2N2O5/c1-13-4-5-14(2)21(8-13)32-12-16(10-22(32)34)29(37)38-17-6-7-20(15(3)9-17)33-27(35)23-18-11-19(24(23)28(33)36)26(31)25(18)30/h4-9,16,18-19,23-26H,10-12H2,1-3H3/t16-,18-,19-,23-,24-,25-,26+/m1/s1. The Hall–Kier alpha value is -2.52. The van der Waals surface area contributed by atoms with E-state index in [1.165, 1.54) is 4.90 Å². The lowest BCUT2D eigenvalue weighted by atomic mass is 9.81. The average molecular weight is 644 g/mol. The Morgan fingerprint density at radius 3 is 2.16 bits per heavy atom. The smallest absolute Gasteiger partial charge is 0.316 e. The third-order valence-electron chi connectivity index (χ3n) is 8.73. The van der Waals surface area contributed by atoms with Gasteiger partial charge in [-0.15, -0.1) is 0 Å². The van der Waals surface area contributed by atoms with E-state index in [-0.39, 0.29) is 64.0 Å². The molecule has 2 heterocycles. The fraction of sp³-hybridized carbons (Fsp3) is 0.448.